The molecule has 0 fully saturated rings. The average molecular weight is 327 g/mol. The number of carbonyl (C=O) groups excluding carboxylic acids is 1. The summed E-state index contributed by atoms with van der Waals surface area (Å²) in [5.41, 5.74) is 1.03. The molecular formula is C18H15F2N3O. The summed E-state index contributed by atoms with van der Waals surface area (Å²) in [6.45, 7) is 0. The van der Waals surface area contributed by atoms with E-state index in [0.29, 0.717) is 17.0 Å². The zero-order valence-electron chi connectivity index (χ0n) is 12.9. The van der Waals surface area contributed by atoms with E-state index in [2.05, 4.69) is 10.3 Å². The molecule has 0 spiro atoms. The lowest BCUT2D eigenvalue weighted by atomic mass is 10.1. The second-order valence-electron chi connectivity index (χ2n) is 5.36. The van der Waals surface area contributed by atoms with Gasteiger partial charge in [-0.1, -0.05) is 12.1 Å². The van der Waals surface area contributed by atoms with Gasteiger partial charge in [-0.15, -0.1) is 0 Å². The van der Waals surface area contributed by atoms with Crippen LogP contribution in [0.2, 0.25) is 0 Å². The van der Waals surface area contributed by atoms with Crippen LogP contribution in [0.1, 0.15) is 27.8 Å². The molecule has 3 rings (SSSR count). The summed E-state index contributed by atoms with van der Waals surface area (Å²) in [4.78, 5) is 16.7. The van der Waals surface area contributed by atoms with Crippen LogP contribution in [0.3, 0.4) is 0 Å². The number of rotatable bonds is 4. The van der Waals surface area contributed by atoms with E-state index in [1.807, 2.05) is 7.05 Å². The van der Waals surface area contributed by atoms with Crippen LogP contribution in [-0.2, 0) is 7.05 Å². The third-order valence-electron chi connectivity index (χ3n) is 3.70. The van der Waals surface area contributed by atoms with E-state index < -0.39 is 11.9 Å². The van der Waals surface area contributed by atoms with Gasteiger partial charge in [-0.25, -0.2) is 13.8 Å². The lowest BCUT2D eigenvalue weighted by Gasteiger charge is -2.19. The fraction of sp³-hybridized carbons (Fsp3) is 0.111. The van der Waals surface area contributed by atoms with Crippen molar-refractivity contribution in [3.05, 3.63) is 89.5 Å². The monoisotopic (exact) mass is 327 g/mol. The van der Waals surface area contributed by atoms with Crippen molar-refractivity contribution in [2.75, 3.05) is 0 Å². The van der Waals surface area contributed by atoms with Crippen molar-refractivity contribution >= 4 is 5.91 Å². The number of nitrogens with zero attached hydrogens (tertiary/aromatic N) is 2. The van der Waals surface area contributed by atoms with Crippen molar-refractivity contribution in [1.82, 2.24) is 14.9 Å². The van der Waals surface area contributed by atoms with Crippen molar-refractivity contribution in [2.45, 2.75) is 6.04 Å². The van der Waals surface area contributed by atoms with E-state index in [0.717, 1.165) is 0 Å². The molecule has 0 radical (unpaired) electrons. The first-order chi connectivity index (χ1) is 11.5. The Morgan fingerprint density at radius 2 is 1.62 bits per heavy atom. The number of amides is 1. The van der Waals surface area contributed by atoms with E-state index in [-0.39, 0.29) is 11.7 Å². The SMILES string of the molecule is Cn1ccnc1C(NC(=O)c1ccc(F)cc1)c1ccc(F)cc1. The number of aryl methyl sites for hydroxylation is 1. The van der Waals surface area contributed by atoms with E-state index >= 15 is 0 Å². The van der Waals surface area contributed by atoms with Crippen LogP contribution >= 0.6 is 0 Å². The Kier molecular flexibility index (Phi) is 4.37. The fourth-order valence-corrected chi connectivity index (χ4v) is 2.42. The van der Waals surface area contributed by atoms with Crippen molar-refractivity contribution < 1.29 is 13.6 Å². The van der Waals surface area contributed by atoms with Gasteiger partial charge in [0.1, 0.15) is 23.5 Å². The highest BCUT2D eigenvalue weighted by Crippen LogP contribution is 2.21. The lowest BCUT2D eigenvalue weighted by molar-refractivity contribution is 0.0941. The topological polar surface area (TPSA) is 46.9 Å². The van der Waals surface area contributed by atoms with Crippen molar-refractivity contribution in [1.29, 1.82) is 0 Å². The van der Waals surface area contributed by atoms with Crippen LogP contribution < -0.4 is 5.32 Å². The molecule has 0 saturated carbocycles. The Bertz CT molecular complexity index is 841. The molecule has 0 saturated heterocycles. The van der Waals surface area contributed by atoms with Crippen molar-refractivity contribution in [3.63, 3.8) is 0 Å². The highest BCUT2D eigenvalue weighted by molar-refractivity contribution is 5.94. The number of imidazole rings is 1. The molecule has 0 aliphatic carbocycles. The van der Waals surface area contributed by atoms with Crippen LogP contribution in [0.4, 0.5) is 8.78 Å². The minimum Gasteiger partial charge on any atom is -0.338 e. The highest BCUT2D eigenvalue weighted by atomic mass is 19.1. The molecule has 6 heteroatoms. The van der Waals surface area contributed by atoms with Gasteiger partial charge in [0.05, 0.1) is 0 Å². The molecule has 0 aliphatic rings. The Morgan fingerprint density at radius 1 is 1.04 bits per heavy atom. The molecule has 2 aromatic carbocycles. The number of halogens is 2. The maximum atomic E-state index is 13.2. The molecule has 4 nitrogen and oxygen atoms in total. The molecule has 0 aliphatic heterocycles. The Morgan fingerprint density at radius 3 is 2.17 bits per heavy atom. The standard InChI is InChI=1S/C18H15F2N3O/c1-23-11-10-21-17(23)16(12-2-6-14(19)7-3-12)22-18(24)13-4-8-15(20)9-5-13/h2-11,16H,1H3,(H,22,24). The maximum absolute atomic E-state index is 13.2. The van der Waals surface area contributed by atoms with Crippen LogP contribution in [0.15, 0.2) is 60.9 Å². The number of hydrogen-bond donors (Lipinski definition) is 1. The van der Waals surface area contributed by atoms with Gasteiger partial charge in [0.15, 0.2) is 0 Å². The molecule has 1 aromatic heterocycles. The maximum Gasteiger partial charge on any atom is 0.252 e. The smallest absolute Gasteiger partial charge is 0.252 e. The molecule has 1 atom stereocenters. The quantitative estimate of drug-likeness (QED) is 0.800. The number of hydrogen-bond acceptors (Lipinski definition) is 2. The summed E-state index contributed by atoms with van der Waals surface area (Å²) in [7, 11) is 1.81. The molecular weight excluding hydrogens is 312 g/mol. The number of carbonyl (C=O) groups is 1. The Balaban J connectivity index is 1.93. The van der Waals surface area contributed by atoms with Crippen LogP contribution in [0, 0.1) is 11.6 Å². The third kappa shape index (κ3) is 3.32. The first-order valence-corrected chi connectivity index (χ1v) is 7.34. The number of nitrogens with one attached hydrogen (secondary N) is 1. The van der Waals surface area contributed by atoms with E-state index in [1.165, 1.54) is 36.4 Å². The number of aromatic nitrogens is 2. The third-order valence-corrected chi connectivity index (χ3v) is 3.70. The van der Waals surface area contributed by atoms with Crippen LogP contribution in [0.25, 0.3) is 0 Å². The summed E-state index contributed by atoms with van der Waals surface area (Å²) in [5, 5.41) is 2.86. The first-order valence-electron chi connectivity index (χ1n) is 7.34. The predicted octanol–water partition coefficient (Wildman–Crippen LogP) is 3.22. The van der Waals surface area contributed by atoms with Crippen molar-refractivity contribution in [3.8, 4) is 0 Å². The van der Waals surface area contributed by atoms with Crippen LogP contribution in [-0.4, -0.2) is 15.5 Å². The van der Waals surface area contributed by atoms with Crippen molar-refractivity contribution in [2.24, 2.45) is 7.05 Å². The molecule has 1 unspecified atom stereocenters. The van der Waals surface area contributed by atoms with E-state index in [9.17, 15) is 13.6 Å². The number of benzene rings is 2. The minimum absolute atomic E-state index is 0.331. The summed E-state index contributed by atoms with van der Waals surface area (Å²) in [6.07, 6.45) is 3.38. The Labute approximate surface area is 137 Å². The summed E-state index contributed by atoms with van der Waals surface area (Å²) in [6, 6.07) is 10.6. The largest absolute Gasteiger partial charge is 0.338 e. The predicted molar refractivity (Wildman–Crippen MR) is 85.3 cm³/mol. The molecule has 0 bridgehead atoms. The van der Waals surface area contributed by atoms with Gasteiger partial charge in [-0.2, -0.15) is 0 Å². The molecule has 122 valence electrons. The van der Waals surface area contributed by atoms with Gasteiger partial charge in [0.2, 0.25) is 0 Å². The minimum atomic E-state index is -0.553. The highest BCUT2D eigenvalue weighted by Gasteiger charge is 2.21. The van der Waals surface area contributed by atoms with Gasteiger partial charge >= 0.3 is 0 Å². The summed E-state index contributed by atoms with van der Waals surface area (Å²) in [5.74, 6) is -0.530. The lowest BCUT2D eigenvalue weighted by Crippen LogP contribution is -2.31. The second kappa shape index (κ2) is 6.62. The first kappa shape index (κ1) is 15.9. The van der Waals surface area contributed by atoms with Gasteiger partial charge in [0, 0.05) is 25.0 Å². The van der Waals surface area contributed by atoms with Gasteiger partial charge in [0.25, 0.3) is 5.91 Å². The molecule has 1 heterocycles. The van der Waals surface area contributed by atoms with Gasteiger partial charge < -0.3 is 9.88 Å². The average Bonchev–Trinajstić information content (AvgIpc) is 3.00. The normalized spacial score (nSPS) is 12.0. The van der Waals surface area contributed by atoms with Gasteiger partial charge in [-0.3, -0.25) is 4.79 Å². The van der Waals surface area contributed by atoms with Crippen LogP contribution in [0.5, 0.6) is 0 Å². The zero-order chi connectivity index (χ0) is 17.1. The Hall–Kier alpha value is -3.02. The van der Waals surface area contributed by atoms with E-state index in [1.54, 1.807) is 29.1 Å². The fourth-order valence-electron chi connectivity index (χ4n) is 2.42. The summed E-state index contributed by atoms with van der Waals surface area (Å²) < 4.78 is 28.0. The molecule has 3 aromatic rings. The molecule has 1 N–H and O–H groups in total. The zero-order valence-corrected chi connectivity index (χ0v) is 12.9. The molecule has 1 amide bonds. The molecule has 24 heavy (non-hydrogen) atoms. The second-order valence-corrected chi connectivity index (χ2v) is 5.36. The van der Waals surface area contributed by atoms with E-state index in [4.69, 9.17) is 0 Å². The van der Waals surface area contributed by atoms with Gasteiger partial charge in [-0.05, 0) is 42.0 Å². The summed E-state index contributed by atoms with van der Waals surface area (Å²) >= 11 is 0.